The van der Waals surface area contributed by atoms with Gasteiger partial charge in [-0.15, -0.1) is 6.32 Å². The van der Waals surface area contributed by atoms with E-state index in [-0.39, 0.29) is 69.4 Å². The van der Waals surface area contributed by atoms with Crippen LogP contribution in [0, 0.1) is 0 Å². The number of hydrogen-bond donors (Lipinski definition) is 0. The Morgan fingerprint density at radius 3 is 2.42 bits per heavy atom. The van der Waals surface area contributed by atoms with Crippen LogP contribution in [0.3, 0.4) is 0 Å². The number of rotatable bonds is 6. The van der Waals surface area contributed by atoms with E-state index in [1.807, 2.05) is 0 Å². The summed E-state index contributed by atoms with van der Waals surface area (Å²) in [6.07, 6.45) is 1.33. The quantitative estimate of drug-likeness (QED) is 0.252. The van der Waals surface area contributed by atoms with E-state index >= 15 is 0 Å². The fourth-order valence-corrected chi connectivity index (χ4v) is 0.749. The third kappa shape index (κ3) is 11.0. The first-order valence-corrected chi connectivity index (χ1v) is 3.61. The minimum absolute atomic E-state index is 0. The molecule has 12 heavy (non-hydrogen) atoms. The van der Waals surface area contributed by atoms with Crippen molar-refractivity contribution in [2.24, 2.45) is 0 Å². The Labute approximate surface area is 116 Å². The first-order chi connectivity index (χ1) is 5.16. The molecule has 0 fully saturated rings. The zero-order valence-corrected chi connectivity index (χ0v) is 10.8. The smallest absolute Gasteiger partial charge is 0.885 e. The van der Waals surface area contributed by atoms with E-state index in [2.05, 4.69) is 0 Å². The van der Waals surface area contributed by atoms with Crippen LogP contribution in [0.15, 0.2) is 0 Å². The molecule has 61 valence electrons. The van der Waals surface area contributed by atoms with Gasteiger partial charge < -0.3 is 5.02 Å². The first kappa shape index (κ1) is 15.5. The van der Waals surface area contributed by atoms with Gasteiger partial charge in [0.2, 0.25) is 0 Å². The van der Waals surface area contributed by atoms with Crippen LogP contribution in [-0.4, -0.2) is 19.0 Å². The fourth-order valence-electron chi connectivity index (χ4n) is 0.749. The van der Waals surface area contributed by atoms with E-state index in [0.717, 1.165) is 7.48 Å². The number of hydrogen-bond acceptors (Lipinski definition) is 3. The minimum atomic E-state index is -0.110. The van der Waals surface area contributed by atoms with Crippen LogP contribution < -0.4 is 56.4 Å². The van der Waals surface area contributed by atoms with Crippen LogP contribution in [0.2, 0.25) is 6.32 Å². The van der Waals surface area contributed by atoms with E-state index in [1.165, 1.54) is 6.92 Å². The number of Topliss-reactive ketones (excluding diaryl/α,β-unsaturated/α-hetero) is 2. The van der Waals surface area contributed by atoms with Crippen molar-refractivity contribution >= 4 is 19.0 Å². The molecule has 0 unspecified atom stereocenters. The van der Waals surface area contributed by atoms with Gasteiger partial charge >= 0.3 is 51.4 Å². The molecule has 3 nitrogen and oxygen atoms in total. The molecule has 0 saturated carbocycles. The van der Waals surface area contributed by atoms with Crippen molar-refractivity contribution in [3.63, 3.8) is 0 Å². The maximum atomic E-state index is 10.8. The largest absolute Gasteiger partial charge is 1.00 e. The van der Waals surface area contributed by atoms with Crippen LogP contribution in [0.25, 0.3) is 0 Å². The van der Waals surface area contributed by atoms with Crippen molar-refractivity contribution in [1.82, 2.24) is 0 Å². The Morgan fingerprint density at radius 1 is 1.42 bits per heavy atom. The van der Waals surface area contributed by atoms with E-state index in [0.29, 0.717) is 19.2 Å². The molecular formula is C7H11BKO3. The predicted molar refractivity (Wildman–Crippen MR) is 40.1 cm³/mol. The Bertz CT molecular complexity index is 150. The molecule has 0 rings (SSSR count). The van der Waals surface area contributed by atoms with Crippen molar-refractivity contribution in [1.29, 1.82) is 0 Å². The van der Waals surface area contributed by atoms with Gasteiger partial charge in [-0.25, -0.2) is 0 Å². The zero-order chi connectivity index (χ0) is 8.69. The van der Waals surface area contributed by atoms with E-state index < -0.39 is 0 Å². The van der Waals surface area contributed by atoms with Crippen molar-refractivity contribution in [3.8, 4) is 0 Å². The summed E-state index contributed by atoms with van der Waals surface area (Å²) < 4.78 is 0. The topological polar surface area (TPSA) is 57.2 Å². The average Bonchev–Trinajstić information content (AvgIpc) is 1.86. The van der Waals surface area contributed by atoms with Crippen LogP contribution in [0.1, 0.15) is 26.2 Å². The summed E-state index contributed by atoms with van der Waals surface area (Å²) in [5.74, 6) is -0.180. The molecule has 0 atom stereocenters. The number of ketones is 2. The molecule has 0 amide bonds. The SMILES string of the molecule is CC(=O)CC(=O)CCC[B][O-].[K+]. The fraction of sp³-hybridized carbons (Fsp3) is 0.714. The van der Waals surface area contributed by atoms with Crippen molar-refractivity contribution < 1.29 is 66.0 Å². The Hall–Kier alpha value is 1.00. The van der Waals surface area contributed by atoms with Gasteiger partial charge in [-0.05, 0) is 14.4 Å². The van der Waals surface area contributed by atoms with Crippen molar-refractivity contribution in [3.05, 3.63) is 0 Å². The second-order valence-electron chi connectivity index (χ2n) is 2.48. The van der Waals surface area contributed by atoms with Crippen LogP contribution in [0.4, 0.5) is 0 Å². The second kappa shape index (κ2) is 10.1. The molecule has 0 aliphatic heterocycles. The summed E-state index contributed by atoms with van der Waals surface area (Å²) in [5, 5.41) is 9.83. The molecule has 5 heteroatoms. The first-order valence-electron chi connectivity index (χ1n) is 3.61. The summed E-state index contributed by atoms with van der Waals surface area (Å²) in [7, 11) is 0.779. The standard InChI is InChI=1S/C7H11BO3.K/c1-6(9)5-7(10)3-2-4-8-11;/h2-5H2,1H3;/q-1;+1. The molecular weight excluding hydrogens is 182 g/mol. The molecule has 0 aromatic heterocycles. The molecule has 0 heterocycles. The molecule has 0 aliphatic carbocycles. The molecule has 0 N–H and O–H groups in total. The normalized spacial score (nSPS) is 8.50. The van der Waals surface area contributed by atoms with E-state index in [9.17, 15) is 14.6 Å². The predicted octanol–water partition coefficient (Wildman–Crippen LogP) is -3.28. The monoisotopic (exact) mass is 193 g/mol. The molecule has 0 spiro atoms. The van der Waals surface area contributed by atoms with Gasteiger partial charge in [0.1, 0.15) is 11.6 Å². The number of carbonyl (C=O) groups excluding carboxylic acids is 2. The van der Waals surface area contributed by atoms with Gasteiger partial charge in [-0.1, -0.05) is 6.42 Å². The van der Waals surface area contributed by atoms with Gasteiger partial charge in [0, 0.05) is 6.42 Å². The van der Waals surface area contributed by atoms with E-state index in [4.69, 9.17) is 0 Å². The van der Waals surface area contributed by atoms with Gasteiger partial charge in [0.15, 0.2) is 0 Å². The molecule has 0 bridgehead atoms. The van der Waals surface area contributed by atoms with Gasteiger partial charge in [-0.2, -0.15) is 0 Å². The summed E-state index contributed by atoms with van der Waals surface area (Å²) in [6.45, 7) is 1.39. The van der Waals surface area contributed by atoms with E-state index in [1.54, 1.807) is 0 Å². The Kier molecular flexibility index (Phi) is 13.0. The van der Waals surface area contributed by atoms with Gasteiger partial charge in [0.25, 0.3) is 0 Å². The minimum Gasteiger partial charge on any atom is -0.885 e. The van der Waals surface area contributed by atoms with Crippen LogP contribution >= 0.6 is 0 Å². The maximum absolute atomic E-state index is 10.8. The third-order valence-electron chi connectivity index (χ3n) is 1.22. The zero-order valence-electron chi connectivity index (χ0n) is 7.63. The maximum Gasteiger partial charge on any atom is 1.00 e. The summed E-state index contributed by atoms with van der Waals surface area (Å²) in [6, 6.07) is 0. The molecule has 0 saturated heterocycles. The van der Waals surface area contributed by atoms with Crippen LogP contribution in [-0.2, 0) is 9.59 Å². The second-order valence-corrected chi connectivity index (χ2v) is 2.48. The average molecular weight is 193 g/mol. The third-order valence-corrected chi connectivity index (χ3v) is 1.22. The van der Waals surface area contributed by atoms with Crippen LogP contribution in [0.5, 0.6) is 0 Å². The summed E-state index contributed by atoms with van der Waals surface area (Å²) >= 11 is 0. The van der Waals surface area contributed by atoms with Gasteiger partial charge in [0.05, 0.1) is 6.42 Å². The molecule has 0 aliphatic rings. The van der Waals surface area contributed by atoms with Gasteiger partial charge in [-0.3, -0.25) is 9.59 Å². The Morgan fingerprint density at radius 2 is 2.00 bits per heavy atom. The molecule has 1 radical (unpaired) electrons. The Balaban J connectivity index is 0. The number of carbonyl (C=O) groups is 2. The molecule has 0 aromatic carbocycles. The van der Waals surface area contributed by atoms with Crippen molar-refractivity contribution in [2.45, 2.75) is 32.5 Å². The molecule has 0 aromatic rings. The summed E-state index contributed by atoms with van der Waals surface area (Å²) in [4.78, 5) is 21.2. The van der Waals surface area contributed by atoms with Crippen molar-refractivity contribution in [2.75, 3.05) is 0 Å². The summed E-state index contributed by atoms with van der Waals surface area (Å²) in [5.41, 5.74) is 0.